The maximum Gasteiger partial charge on any atom is 0.320 e. The standard InChI is InChI=1S/C13H16BrNO4S/c14-11-3-1-10(2-4-11)8-19-13(16)7-15-12-5-6-20(17,18)9-12/h1-4,12,15H,5-9H2. The molecule has 110 valence electrons. The van der Waals surface area contributed by atoms with Crippen LogP contribution in [0.25, 0.3) is 0 Å². The fourth-order valence-corrected chi connectivity index (χ4v) is 3.95. The Morgan fingerprint density at radius 1 is 1.35 bits per heavy atom. The van der Waals surface area contributed by atoms with Gasteiger partial charge in [-0.15, -0.1) is 0 Å². The van der Waals surface area contributed by atoms with Gasteiger partial charge >= 0.3 is 5.97 Å². The van der Waals surface area contributed by atoms with Crippen molar-refractivity contribution in [2.75, 3.05) is 18.1 Å². The zero-order valence-electron chi connectivity index (χ0n) is 10.8. The third-order valence-electron chi connectivity index (χ3n) is 3.08. The number of sulfone groups is 1. The highest BCUT2D eigenvalue weighted by molar-refractivity contribution is 9.10. The lowest BCUT2D eigenvalue weighted by atomic mass is 10.2. The summed E-state index contributed by atoms with van der Waals surface area (Å²) in [6.45, 7) is 0.257. The number of hydrogen-bond acceptors (Lipinski definition) is 5. The zero-order valence-corrected chi connectivity index (χ0v) is 13.2. The van der Waals surface area contributed by atoms with E-state index in [2.05, 4.69) is 21.2 Å². The number of carbonyl (C=O) groups is 1. The van der Waals surface area contributed by atoms with Gasteiger partial charge in [0.15, 0.2) is 9.84 Å². The Morgan fingerprint density at radius 2 is 2.05 bits per heavy atom. The van der Waals surface area contributed by atoms with E-state index in [9.17, 15) is 13.2 Å². The number of rotatable bonds is 5. The van der Waals surface area contributed by atoms with Crippen molar-refractivity contribution in [3.8, 4) is 0 Å². The van der Waals surface area contributed by atoms with Crippen molar-refractivity contribution in [2.45, 2.75) is 19.1 Å². The Balaban J connectivity index is 1.69. The third kappa shape index (κ3) is 4.88. The summed E-state index contributed by atoms with van der Waals surface area (Å²) < 4.78 is 28.6. The first-order valence-corrected chi connectivity index (χ1v) is 8.90. The van der Waals surface area contributed by atoms with Gasteiger partial charge in [-0.3, -0.25) is 4.79 Å². The van der Waals surface area contributed by atoms with E-state index >= 15 is 0 Å². The van der Waals surface area contributed by atoms with Gasteiger partial charge in [0.25, 0.3) is 0 Å². The maximum atomic E-state index is 11.6. The van der Waals surface area contributed by atoms with Crippen molar-refractivity contribution in [3.05, 3.63) is 34.3 Å². The van der Waals surface area contributed by atoms with Gasteiger partial charge in [-0.05, 0) is 24.1 Å². The molecule has 0 saturated carbocycles. The van der Waals surface area contributed by atoms with Gasteiger partial charge in [0.05, 0.1) is 18.1 Å². The Hall–Kier alpha value is -0.920. The second-order valence-corrected chi connectivity index (χ2v) is 7.91. The van der Waals surface area contributed by atoms with Crippen LogP contribution in [0.4, 0.5) is 0 Å². The van der Waals surface area contributed by atoms with Crippen LogP contribution in [0.15, 0.2) is 28.7 Å². The molecule has 1 heterocycles. The van der Waals surface area contributed by atoms with Crippen LogP contribution in [-0.4, -0.2) is 38.5 Å². The summed E-state index contributed by atoms with van der Waals surface area (Å²) in [6, 6.07) is 7.36. The monoisotopic (exact) mass is 361 g/mol. The van der Waals surface area contributed by atoms with Crippen molar-refractivity contribution in [3.63, 3.8) is 0 Å². The first-order chi connectivity index (χ1) is 9.44. The molecule has 2 rings (SSSR count). The number of ether oxygens (including phenoxy) is 1. The lowest BCUT2D eigenvalue weighted by Gasteiger charge is -2.10. The Bertz CT molecular complexity index is 571. The molecule has 0 amide bonds. The zero-order chi connectivity index (χ0) is 14.6. The summed E-state index contributed by atoms with van der Waals surface area (Å²) in [5, 5.41) is 2.92. The quantitative estimate of drug-likeness (QED) is 0.799. The molecular formula is C13H16BrNO4S. The number of halogens is 1. The molecule has 1 aromatic rings. The molecule has 0 spiro atoms. The van der Waals surface area contributed by atoms with E-state index in [4.69, 9.17) is 4.74 Å². The number of nitrogens with one attached hydrogen (secondary N) is 1. The van der Waals surface area contributed by atoms with Gasteiger partial charge < -0.3 is 10.1 Å². The molecule has 20 heavy (non-hydrogen) atoms. The molecule has 1 aliphatic rings. The van der Waals surface area contributed by atoms with Crippen LogP contribution in [0.5, 0.6) is 0 Å². The largest absolute Gasteiger partial charge is 0.460 e. The molecule has 1 saturated heterocycles. The van der Waals surface area contributed by atoms with Crippen molar-refractivity contribution in [2.24, 2.45) is 0 Å². The molecule has 1 atom stereocenters. The summed E-state index contributed by atoms with van der Waals surface area (Å²) in [5.74, 6) is -0.0804. The first-order valence-electron chi connectivity index (χ1n) is 6.28. The molecule has 1 fully saturated rings. The minimum absolute atomic E-state index is 0.0384. The van der Waals surface area contributed by atoms with E-state index in [0.29, 0.717) is 6.42 Å². The lowest BCUT2D eigenvalue weighted by Crippen LogP contribution is -2.35. The van der Waals surface area contributed by atoms with Crippen LogP contribution in [-0.2, 0) is 26.0 Å². The minimum atomic E-state index is -2.92. The summed E-state index contributed by atoms with van der Waals surface area (Å²) in [6.07, 6.45) is 0.558. The van der Waals surface area contributed by atoms with Gasteiger partial charge in [-0.1, -0.05) is 28.1 Å². The second-order valence-electron chi connectivity index (χ2n) is 4.77. The Morgan fingerprint density at radius 3 is 2.65 bits per heavy atom. The van der Waals surface area contributed by atoms with Crippen LogP contribution in [0.1, 0.15) is 12.0 Å². The topological polar surface area (TPSA) is 72.5 Å². The van der Waals surface area contributed by atoms with Crippen molar-refractivity contribution < 1.29 is 17.9 Å². The lowest BCUT2D eigenvalue weighted by molar-refractivity contribution is -0.143. The number of carbonyl (C=O) groups excluding carboxylic acids is 1. The number of benzene rings is 1. The molecule has 7 heteroatoms. The smallest absolute Gasteiger partial charge is 0.320 e. The van der Waals surface area contributed by atoms with Crippen LogP contribution in [0, 0.1) is 0 Å². The highest BCUT2D eigenvalue weighted by atomic mass is 79.9. The molecule has 1 N–H and O–H groups in total. The van der Waals surface area contributed by atoms with E-state index in [1.54, 1.807) is 0 Å². The molecule has 0 aromatic heterocycles. The summed E-state index contributed by atoms with van der Waals surface area (Å²) in [5.41, 5.74) is 0.907. The molecular weight excluding hydrogens is 346 g/mol. The average molecular weight is 362 g/mol. The first kappa shape index (κ1) is 15.5. The predicted octanol–water partition coefficient (Wildman–Crippen LogP) is 1.27. The SMILES string of the molecule is O=C(CNC1CCS(=O)(=O)C1)OCc1ccc(Br)cc1. The average Bonchev–Trinajstić information content (AvgIpc) is 2.75. The fourth-order valence-electron chi connectivity index (χ4n) is 1.98. The molecule has 0 aliphatic carbocycles. The molecule has 0 radical (unpaired) electrons. The Kier molecular flexibility index (Phi) is 5.17. The highest BCUT2D eigenvalue weighted by Crippen LogP contribution is 2.12. The summed E-state index contributed by atoms with van der Waals surface area (Å²) in [7, 11) is -2.92. The van der Waals surface area contributed by atoms with Gasteiger partial charge in [-0.2, -0.15) is 0 Å². The van der Waals surface area contributed by atoms with Gasteiger partial charge in [-0.25, -0.2) is 8.42 Å². The van der Waals surface area contributed by atoms with Crippen molar-refractivity contribution in [1.29, 1.82) is 0 Å². The van der Waals surface area contributed by atoms with Crippen molar-refractivity contribution in [1.82, 2.24) is 5.32 Å². The summed E-state index contributed by atoms with van der Waals surface area (Å²) >= 11 is 3.33. The molecule has 0 bridgehead atoms. The van der Waals surface area contributed by atoms with E-state index in [0.717, 1.165) is 10.0 Å². The predicted molar refractivity (Wildman–Crippen MR) is 79.0 cm³/mol. The van der Waals surface area contributed by atoms with Crippen molar-refractivity contribution >= 4 is 31.7 Å². The van der Waals surface area contributed by atoms with Crippen LogP contribution in [0.2, 0.25) is 0 Å². The van der Waals surface area contributed by atoms with E-state index in [1.165, 1.54) is 0 Å². The van der Waals surface area contributed by atoms with Crippen LogP contribution < -0.4 is 5.32 Å². The van der Waals surface area contributed by atoms with E-state index in [1.807, 2.05) is 24.3 Å². The minimum Gasteiger partial charge on any atom is -0.460 e. The number of esters is 1. The van der Waals surface area contributed by atoms with E-state index in [-0.39, 0.29) is 36.7 Å². The van der Waals surface area contributed by atoms with Gasteiger partial charge in [0, 0.05) is 10.5 Å². The van der Waals surface area contributed by atoms with Gasteiger partial charge in [0.2, 0.25) is 0 Å². The molecule has 1 unspecified atom stereocenters. The summed E-state index contributed by atoms with van der Waals surface area (Å²) in [4.78, 5) is 11.6. The molecule has 5 nitrogen and oxygen atoms in total. The molecule has 1 aromatic carbocycles. The third-order valence-corrected chi connectivity index (χ3v) is 5.38. The van der Waals surface area contributed by atoms with Crippen LogP contribution in [0.3, 0.4) is 0 Å². The second kappa shape index (κ2) is 6.69. The van der Waals surface area contributed by atoms with Gasteiger partial charge in [0.1, 0.15) is 6.61 Å². The maximum absolute atomic E-state index is 11.6. The fraction of sp³-hybridized carbons (Fsp3) is 0.462. The molecule has 1 aliphatic heterocycles. The Labute approximate surface area is 126 Å². The highest BCUT2D eigenvalue weighted by Gasteiger charge is 2.27. The van der Waals surface area contributed by atoms with E-state index < -0.39 is 9.84 Å². The van der Waals surface area contributed by atoms with Crippen LogP contribution >= 0.6 is 15.9 Å². The normalized spacial score (nSPS) is 20.8. The number of hydrogen-bond donors (Lipinski definition) is 1.